The van der Waals surface area contributed by atoms with Crippen molar-refractivity contribution in [1.29, 1.82) is 0 Å². The second-order valence-electron chi connectivity index (χ2n) is 3.51. The molecule has 0 spiro atoms. The minimum atomic E-state index is 0.916. The molecule has 0 heterocycles. The Labute approximate surface area is 96.0 Å². The van der Waals surface area contributed by atoms with Crippen LogP contribution in [-0.4, -0.2) is 30.8 Å². The minimum Gasteiger partial charge on any atom is -0.307 e. The summed E-state index contributed by atoms with van der Waals surface area (Å²) >= 11 is 0. The molecule has 0 N–H and O–H groups in total. The quantitative estimate of drug-likeness (QED) is 0.718. The smallest absolute Gasteiger partial charge is 0.106 e. The van der Waals surface area contributed by atoms with Gasteiger partial charge >= 0.3 is 0 Å². The Morgan fingerprint density at radius 3 is 1.73 bits per heavy atom. The molecule has 0 radical (unpaired) electrons. The summed E-state index contributed by atoms with van der Waals surface area (Å²) < 4.78 is 0. The lowest BCUT2D eigenvalue weighted by Crippen LogP contribution is -2.36. The first kappa shape index (κ1) is 17.0. The van der Waals surface area contributed by atoms with Crippen molar-refractivity contribution in [2.45, 2.75) is 65.8 Å². The molecule has 1 rings (SSSR count). The van der Waals surface area contributed by atoms with Crippen LogP contribution in [0.5, 0.6) is 0 Å². The van der Waals surface area contributed by atoms with E-state index in [9.17, 15) is 0 Å². The van der Waals surface area contributed by atoms with Gasteiger partial charge < -0.3 is 9.69 Å². The van der Waals surface area contributed by atoms with Crippen LogP contribution in [0.25, 0.3) is 0 Å². The van der Waals surface area contributed by atoms with Gasteiger partial charge in [0.15, 0.2) is 0 Å². The van der Waals surface area contributed by atoms with Crippen molar-refractivity contribution < 1.29 is 4.79 Å². The van der Waals surface area contributed by atoms with E-state index in [1.807, 2.05) is 20.6 Å². The second kappa shape index (κ2) is 13.6. The largest absolute Gasteiger partial charge is 0.307 e. The van der Waals surface area contributed by atoms with Gasteiger partial charge in [-0.25, -0.2) is 0 Å². The first-order valence-electron chi connectivity index (χ1n) is 6.41. The van der Waals surface area contributed by atoms with Crippen molar-refractivity contribution in [3.8, 4) is 0 Å². The molecule has 0 aromatic carbocycles. The van der Waals surface area contributed by atoms with E-state index < -0.39 is 0 Å². The van der Waals surface area contributed by atoms with Crippen molar-refractivity contribution in [3.05, 3.63) is 0 Å². The Bertz CT molecular complexity index is 107. The lowest BCUT2D eigenvalue weighted by molar-refractivity contribution is -0.0979. The van der Waals surface area contributed by atoms with Crippen LogP contribution in [0.4, 0.5) is 0 Å². The molecule has 0 bridgehead atoms. The topological polar surface area (TPSA) is 20.3 Å². The monoisotopic (exact) mass is 215 g/mol. The zero-order chi connectivity index (χ0) is 12.1. The summed E-state index contributed by atoms with van der Waals surface area (Å²) in [6.45, 7) is 13.0. The molecule has 0 aromatic rings. The van der Waals surface area contributed by atoms with Gasteiger partial charge in [0.2, 0.25) is 0 Å². The molecule has 1 aliphatic rings. The molecular formula is C13H29NO. The molecule has 0 unspecified atom stereocenters. The predicted molar refractivity (Wildman–Crippen MR) is 68.3 cm³/mol. The molecule has 2 heteroatoms. The molecule has 0 aromatic heterocycles. The second-order valence-corrected chi connectivity index (χ2v) is 3.51. The van der Waals surface area contributed by atoms with Crippen LogP contribution in [0, 0.1) is 0 Å². The van der Waals surface area contributed by atoms with Crippen LogP contribution in [0.15, 0.2) is 0 Å². The van der Waals surface area contributed by atoms with E-state index in [4.69, 9.17) is 4.79 Å². The van der Waals surface area contributed by atoms with Crippen LogP contribution < -0.4 is 0 Å². The molecule has 1 fully saturated rings. The molecule has 2 nitrogen and oxygen atoms in total. The summed E-state index contributed by atoms with van der Waals surface area (Å²) in [6.07, 6.45) is 7.28. The van der Waals surface area contributed by atoms with E-state index in [2.05, 4.69) is 18.7 Å². The summed E-state index contributed by atoms with van der Waals surface area (Å²) in [5, 5.41) is 0. The van der Waals surface area contributed by atoms with Gasteiger partial charge in [-0.2, -0.15) is 0 Å². The maximum Gasteiger partial charge on any atom is 0.106 e. The van der Waals surface area contributed by atoms with E-state index in [1.165, 1.54) is 45.2 Å². The Kier molecular flexibility index (Phi) is 15.5. The third kappa shape index (κ3) is 7.55. The predicted octanol–water partition coefficient (Wildman–Crippen LogP) is 3.50. The Morgan fingerprint density at radius 1 is 1.00 bits per heavy atom. The van der Waals surface area contributed by atoms with Crippen LogP contribution in [0.1, 0.15) is 59.8 Å². The fourth-order valence-corrected chi connectivity index (χ4v) is 2.19. The van der Waals surface area contributed by atoms with Gasteiger partial charge in [-0.1, -0.05) is 47.0 Å². The average molecular weight is 215 g/mol. The number of nitrogens with zero attached hydrogens (tertiary/aromatic N) is 1. The van der Waals surface area contributed by atoms with Crippen molar-refractivity contribution in [2.75, 3.05) is 13.1 Å². The Hall–Kier alpha value is -0.370. The Balaban J connectivity index is 0. The summed E-state index contributed by atoms with van der Waals surface area (Å²) in [5.41, 5.74) is 0. The maximum absolute atomic E-state index is 8.00. The fourth-order valence-electron chi connectivity index (χ4n) is 2.19. The van der Waals surface area contributed by atoms with E-state index >= 15 is 0 Å². The normalized spacial score (nSPS) is 16.1. The highest BCUT2D eigenvalue weighted by Crippen LogP contribution is 2.21. The summed E-state index contributed by atoms with van der Waals surface area (Å²) in [5.74, 6) is 0. The molecule has 15 heavy (non-hydrogen) atoms. The fraction of sp³-hybridized carbons (Fsp3) is 0.923. The van der Waals surface area contributed by atoms with E-state index in [0.29, 0.717) is 0 Å². The first-order chi connectivity index (χ1) is 7.38. The van der Waals surface area contributed by atoms with E-state index in [0.717, 1.165) is 6.04 Å². The average Bonchev–Trinajstić information content (AvgIpc) is 2.37. The van der Waals surface area contributed by atoms with Gasteiger partial charge in [0, 0.05) is 6.04 Å². The number of rotatable bonds is 3. The van der Waals surface area contributed by atoms with Gasteiger partial charge in [-0.15, -0.1) is 0 Å². The number of hydrogen-bond acceptors (Lipinski definition) is 2. The zero-order valence-electron chi connectivity index (χ0n) is 11.1. The van der Waals surface area contributed by atoms with Gasteiger partial charge in [-0.3, -0.25) is 0 Å². The van der Waals surface area contributed by atoms with E-state index in [1.54, 1.807) is 0 Å². The van der Waals surface area contributed by atoms with Crippen molar-refractivity contribution in [3.63, 3.8) is 0 Å². The molecule has 0 saturated heterocycles. The number of hydrogen-bond donors (Lipinski definition) is 0. The SMILES string of the molecule is C=O.CC.CCN(CC)C1CCCCC1. The van der Waals surface area contributed by atoms with Gasteiger partial charge in [0.1, 0.15) is 6.79 Å². The first-order valence-corrected chi connectivity index (χ1v) is 6.41. The third-order valence-corrected chi connectivity index (χ3v) is 2.90. The molecule has 1 saturated carbocycles. The highest BCUT2D eigenvalue weighted by molar-refractivity contribution is 5.10. The lowest BCUT2D eigenvalue weighted by Gasteiger charge is -2.32. The number of carbonyl (C=O) groups excluding carboxylic acids is 1. The van der Waals surface area contributed by atoms with Crippen LogP contribution in [-0.2, 0) is 4.79 Å². The summed E-state index contributed by atoms with van der Waals surface area (Å²) in [7, 11) is 0. The van der Waals surface area contributed by atoms with E-state index in [-0.39, 0.29) is 0 Å². The maximum atomic E-state index is 8.00. The number of carbonyl (C=O) groups is 1. The van der Waals surface area contributed by atoms with Crippen molar-refractivity contribution in [1.82, 2.24) is 4.90 Å². The summed E-state index contributed by atoms with van der Waals surface area (Å²) in [4.78, 5) is 10.6. The van der Waals surface area contributed by atoms with Gasteiger partial charge in [-0.05, 0) is 25.9 Å². The van der Waals surface area contributed by atoms with Crippen molar-refractivity contribution >= 4 is 6.79 Å². The van der Waals surface area contributed by atoms with Crippen LogP contribution >= 0.6 is 0 Å². The summed E-state index contributed by atoms with van der Waals surface area (Å²) in [6, 6.07) is 0.916. The molecular weight excluding hydrogens is 186 g/mol. The van der Waals surface area contributed by atoms with Gasteiger partial charge in [0.25, 0.3) is 0 Å². The molecule has 0 atom stereocenters. The lowest BCUT2D eigenvalue weighted by atomic mass is 9.94. The molecule has 92 valence electrons. The standard InChI is InChI=1S/C10H21N.C2H6.CH2O/c1-3-11(4-2)10-8-6-5-7-9-10;2*1-2/h10H,3-9H2,1-2H3;1-2H3;1H2. The van der Waals surface area contributed by atoms with Crippen LogP contribution in [0.2, 0.25) is 0 Å². The van der Waals surface area contributed by atoms with Gasteiger partial charge in [0.05, 0.1) is 0 Å². The molecule has 1 aliphatic carbocycles. The zero-order valence-corrected chi connectivity index (χ0v) is 11.1. The highest BCUT2D eigenvalue weighted by atomic mass is 16.1. The highest BCUT2D eigenvalue weighted by Gasteiger charge is 2.17. The molecule has 0 amide bonds. The molecule has 0 aliphatic heterocycles. The Morgan fingerprint density at radius 2 is 1.40 bits per heavy atom. The van der Waals surface area contributed by atoms with Crippen molar-refractivity contribution in [2.24, 2.45) is 0 Å². The third-order valence-electron chi connectivity index (χ3n) is 2.90. The minimum absolute atomic E-state index is 0.916. The van der Waals surface area contributed by atoms with Crippen LogP contribution in [0.3, 0.4) is 0 Å².